The molecule has 12 nitrogen and oxygen atoms in total. The Morgan fingerprint density at radius 3 is 2.32 bits per heavy atom. The second-order valence-corrected chi connectivity index (χ2v) is 15.5. The van der Waals surface area contributed by atoms with E-state index in [1.165, 1.54) is 30.3 Å². The van der Waals surface area contributed by atoms with Gasteiger partial charge in [0.2, 0.25) is 11.8 Å². The summed E-state index contributed by atoms with van der Waals surface area (Å²) in [6.07, 6.45) is 2.40. The van der Waals surface area contributed by atoms with Crippen molar-refractivity contribution >= 4 is 80.7 Å². The number of benzene rings is 5. The molecule has 59 heavy (non-hydrogen) atoms. The van der Waals surface area contributed by atoms with Gasteiger partial charge in [-0.25, -0.2) is 4.79 Å². The lowest BCUT2D eigenvalue weighted by Gasteiger charge is -2.32. The number of carboxylic acids is 1. The molecule has 0 radical (unpaired) electrons. The Morgan fingerprint density at radius 1 is 0.864 bits per heavy atom. The Labute approximate surface area is 354 Å². The van der Waals surface area contributed by atoms with Crippen molar-refractivity contribution in [3.8, 4) is 28.2 Å². The molecule has 3 aliphatic rings. The van der Waals surface area contributed by atoms with E-state index in [9.17, 15) is 29.4 Å². The van der Waals surface area contributed by atoms with Gasteiger partial charge in [0, 0.05) is 53.6 Å². The molecule has 4 aromatic rings. The van der Waals surface area contributed by atoms with Crippen molar-refractivity contribution < 1.29 is 29.0 Å². The highest BCUT2D eigenvalue weighted by Crippen LogP contribution is 2.42. The highest BCUT2D eigenvalue weighted by molar-refractivity contribution is 7.80. The minimum absolute atomic E-state index is 0.0524. The van der Waals surface area contributed by atoms with Gasteiger partial charge in [-0.05, 0) is 116 Å². The van der Waals surface area contributed by atoms with Crippen LogP contribution in [-0.2, 0) is 16.0 Å². The van der Waals surface area contributed by atoms with Gasteiger partial charge in [-0.1, -0.05) is 47.5 Å². The number of aromatic hydroxyl groups is 1. The highest BCUT2D eigenvalue weighted by Gasteiger charge is 2.27. The minimum atomic E-state index is -1.21. The summed E-state index contributed by atoms with van der Waals surface area (Å²) < 4.78 is 5.91. The lowest BCUT2D eigenvalue weighted by molar-refractivity contribution is -0.131. The van der Waals surface area contributed by atoms with Gasteiger partial charge in [0.15, 0.2) is 10.5 Å². The summed E-state index contributed by atoms with van der Waals surface area (Å²) in [5.41, 5.74) is 3.92. The van der Waals surface area contributed by atoms with Gasteiger partial charge in [-0.2, -0.15) is 0 Å². The SMILES string of the molecule is CN(C(=O)Cc1ccc(Cl)c(Cl)c1)C(CN1CCCC1)c1ccc(NC(=O)CNC(=S)Nc2ccc(-c3c4ccc(=O)cc-4oc4cc(O)ccc34)c(C(=O)O)c2)cc1. The lowest BCUT2D eigenvalue weighted by atomic mass is 9.90. The van der Waals surface area contributed by atoms with Crippen molar-refractivity contribution in [2.45, 2.75) is 25.3 Å². The second-order valence-electron chi connectivity index (χ2n) is 14.3. The summed E-state index contributed by atoms with van der Waals surface area (Å²) in [6, 6.07) is 25.8. The number of carboxylic acid groups (broad SMARTS) is 1. The number of aromatic carboxylic acids is 1. The molecule has 5 N–H and O–H groups in total. The number of anilines is 2. The summed E-state index contributed by atoms with van der Waals surface area (Å²) >= 11 is 17.7. The summed E-state index contributed by atoms with van der Waals surface area (Å²) in [5, 5.41) is 30.5. The molecule has 0 spiro atoms. The third-order valence-electron chi connectivity index (χ3n) is 10.3. The van der Waals surface area contributed by atoms with E-state index >= 15 is 0 Å². The first kappa shape index (κ1) is 41.2. The fourth-order valence-electron chi connectivity index (χ4n) is 7.28. The maximum Gasteiger partial charge on any atom is 0.336 e. The van der Waals surface area contributed by atoms with Crippen LogP contribution in [0.25, 0.3) is 33.4 Å². The van der Waals surface area contributed by atoms with Crippen LogP contribution in [0.5, 0.6) is 5.75 Å². The van der Waals surface area contributed by atoms with E-state index in [2.05, 4.69) is 20.9 Å². The molecule has 1 unspecified atom stereocenters. The number of likely N-dealkylation sites (N-methyl/N-ethyl adjacent to an activating group) is 1. The number of rotatable bonds is 12. The van der Waals surface area contributed by atoms with Crippen molar-refractivity contribution in [3.05, 3.63) is 134 Å². The largest absolute Gasteiger partial charge is 0.508 e. The Bertz CT molecular complexity index is 2610. The number of fused-ring (bicyclic) bond motifs is 2. The van der Waals surface area contributed by atoms with Crippen molar-refractivity contribution in [3.63, 3.8) is 0 Å². The van der Waals surface area contributed by atoms with Gasteiger partial charge in [0.25, 0.3) is 0 Å². The molecule has 302 valence electrons. The molecule has 1 aliphatic carbocycles. The van der Waals surface area contributed by atoms with E-state index in [4.69, 9.17) is 39.8 Å². The molecule has 4 aromatic carbocycles. The monoisotopic (exact) mass is 851 g/mol. The van der Waals surface area contributed by atoms with Gasteiger partial charge in [-0.15, -0.1) is 0 Å². The number of likely N-dealkylation sites (tertiary alicyclic amines) is 1. The van der Waals surface area contributed by atoms with Gasteiger partial charge in [0.1, 0.15) is 17.1 Å². The molecule has 0 saturated carbocycles. The molecule has 0 bridgehead atoms. The van der Waals surface area contributed by atoms with E-state index in [0.29, 0.717) is 50.0 Å². The zero-order chi connectivity index (χ0) is 41.8. The Balaban J connectivity index is 1.000. The standard InChI is InChI=1S/C44H39Cl2N5O7S/c1-50(41(55)19-25-4-15-35(45)36(46)18-25)37(24-51-16-2-3-17-51)26-5-7-27(8-6-26)48-40(54)23-47-44(59)49-28-9-12-31(34(20-28)43(56)57)42-32-13-10-29(52)21-38(32)58-39-22-30(53)11-14-33(39)42/h4-15,18,20-22,37,52H,2-3,16-17,19,23-24H2,1H3,(H,48,54)(H,56,57)(H2,47,49,59). The van der Waals surface area contributed by atoms with Crippen LogP contribution in [0.2, 0.25) is 10.0 Å². The van der Waals surface area contributed by atoms with Crippen molar-refractivity contribution in [2.24, 2.45) is 0 Å². The maximum atomic E-state index is 13.5. The van der Waals surface area contributed by atoms with Crippen LogP contribution in [0.3, 0.4) is 0 Å². The lowest BCUT2D eigenvalue weighted by Crippen LogP contribution is -2.39. The molecule has 1 atom stereocenters. The number of phenolic OH excluding ortho intramolecular Hbond substituents is 1. The number of phenols is 1. The van der Waals surface area contributed by atoms with Crippen LogP contribution in [0.1, 0.15) is 40.4 Å². The van der Waals surface area contributed by atoms with Crippen LogP contribution in [0.15, 0.2) is 106 Å². The summed E-state index contributed by atoms with van der Waals surface area (Å²) in [5.74, 6) is -1.46. The number of nitrogens with one attached hydrogen (secondary N) is 3. The average molecular weight is 853 g/mol. The highest BCUT2D eigenvalue weighted by atomic mass is 35.5. The number of thiocarbonyl (C=S) groups is 1. The van der Waals surface area contributed by atoms with Crippen molar-refractivity contribution in [2.75, 3.05) is 43.9 Å². The number of halogens is 2. The first-order valence-corrected chi connectivity index (χ1v) is 19.9. The number of carbonyl (C=O) groups is 3. The molecule has 1 fully saturated rings. The summed E-state index contributed by atoms with van der Waals surface area (Å²) in [7, 11) is 1.80. The van der Waals surface area contributed by atoms with Crippen LogP contribution in [0.4, 0.5) is 11.4 Å². The molecule has 2 aliphatic heterocycles. The second kappa shape index (κ2) is 17.9. The van der Waals surface area contributed by atoms with Crippen LogP contribution in [0, 0.1) is 0 Å². The van der Waals surface area contributed by atoms with Gasteiger partial charge in [-0.3, -0.25) is 14.4 Å². The van der Waals surface area contributed by atoms with E-state index in [0.717, 1.165) is 37.1 Å². The van der Waals surface area contributed by atoms with Crippen molar-refractivity contribution in [1.29, 1.82) is 0 Å². The average Bonchev–Trinajstić information content (AvgIpc) is 3.73. The molecule has 7 rings (SSSR count). The molecular formula is C44H39Cl2N5O7S. The number of hydrogen-bond donors (Lipinski definition) is 5. The zero-order valence-corrected chi connectivity index (χ0v) is 34.1. The number of hydrogen-bond acceptors (Lipinski definition) is 8. The normalized spacial score (nSPS) is 13.3. The molecular weight excluding hydrogens is 813 g/mol. The van der Waals surface area contributed by atoms with Gasteiger partial charge >= 0.3 is 5.97 Å². The minimum Gasteiger partial charge on any atom is -0.508 e. The fraction of sp³-hybridized carbons (Fsp3) is 0.205. The van der Waals surface area contributed by atoms with Gasteiger partial charge < -0.3 is 40.4 Å². The number of amides is 2. The number of carbonyl (C=O) groups excluding carboxylic acids is 2. The molecule has 2 heterocycles. The van der Waals surface area contributed by atoms with Crippen LogP contribution < -0.4 is 21.4 Å². The van der Waals surface area contributed by atoms with Crippen LogP contribution >= 0.6 is 35.4 Å². The number of nitrogens with zero attached hydrogens (tertiary/aromatic N) is 2. The topological polar surface area (TPSA) is 164 Å². The maximum absolute atomic E-state index is 13.5. The third-order valence-corrected chi connectivity index (χ3v) is 11.3. The Hall–Kier alpha value is -5.99. The Kier molecular flexibility index (Phi) is 12.5. The Morgan fingerprint density at radius 2 is 1.59 bits per heavy atom. The van der Waals surface area contributed by atoms with E-state index in [-0.39, 0.29) is 64.0 Å². The zero-order valence-electron chi connectivity index (χ0n) is 31.8. The molecule has 2 amide bonds. The predicted molar refractivity (Wildman–Crippen MR) is 234 cm³/mol. The molecule has 1 saturated heterocycles. The fourth-order valence-corrected chi connectivity index (χ4v) is 7.79. The quantitative estimate of drug-likeness (QED) is 0.0598. The summed E-state index contributed by atoms with van der Waals surface area (Å²) in [6.45, 7) is 2.42. The van der Waals surface area contributed by atoms with E-state index in [1.807, 2.05) is 12.1 Å². The predicted octanol–water partition coefficient (Wildman–Crippen LogP) is 8.04. The van der Waals surface area contributed by atoms with Gasteiger partial charge in [0.05, 0.1) is 34.6 Å². The smallest absolute Gasteiger partial charge is 0.336 e. The first-order chi connectivity index (χ1) is 28.3. The van der Waals surface area contributed by atoms with Crippen LogP contribution in [-0.4, -0.2) is 76.1 Å². The first-order valence-electron chi connectivity index (χ1n) is 18.8. The summed E-state index contributed by atoms with van der Waals surface area (Å²) in [4.78, 5) is 55.3. The van der Waals surface area contributed by atoms with Crippen molar-refractivity contribution in [1.82, 2.24) is 15.1 Å². The van der Waals surface area contributed by atoms with E-state index in [1.54, 1.807) is 66.5 Å². The molecule has 0 aromatic heterocycles. The van der Waals surface area contributed by atoms with E-state index < -0.39 is 5.97 Å². The molecule has 15 heteroatoms. The third kappa shape index (κ3) is 9.67.